The highest BCUT2D eigenvalue weighted by atomic mass is 35.5. The van der Waals surface area contributed by atoms with Crippen LogP contribution in [0.3, 0.4) is 0 Å². The van der Waals surface area contributed by atoms with Gasteiger partial charge >= 0.3 is 0 Å². The van der Waals surface area contributed by atoms with Crippen LogP contribution in [-0.4, -0.2) is 50.6 Å². The van der Waals surface area contributed by atoms with E-state index in [2.05, 4.69) is 21.2 Å². The molecule has 0 amide bonds. The fourth-order valence-corrected chi connectivity index (χ4v) is 2.96. The molecule has 9 heteroatoms. The molecule has 0 spiro atoms. The monoisotopic (exact) mass is 445 g/mol. The Labute approximate surface area is 184 Å². The highest BCUT2D eigenvalue weighted by molar-refractivity contribution is 6.28. The van der Waals surface area contributed by atoms with Crippen LogP contribution < -0.4 is 14.8 Å². The van der Waals surface area contributed by atoms with Crippen molar-refractivity contribution < 1.29 is 23.3 Å². The number of rotatable bonds is 10. The van der Waals surface area contributed by atoms with Crippen LogP contribution in [0, 0.1) is 18.2 Å². The Kier molecular flexibility index (Phi) is 7.84. The summed E-state index contributed by atoms with van der Waals surface area (Å²) in [5.74, 6) is 3.25. The predicted octanol–water partition coefficient (Wildman–Crippen LogP) is 4.20. The van der Waals surface area contributed by atoms with Crippen molar-refractivity contribution >= 4 is 34.0 Å². The lowest BCUT2D eigenvalue weighted by Crippen LogP contribution is -2.09. The van der Waals surface area contributed by atoms with E-state index in [1.807, 2.05) is 0 Å². The highest BCUT2D eigenvalue weighted by Crippen LogP contribution is 2.36. The number of terminal acetylenes is 1. The number of aromatic nitrogens is 2. The molecule has 0 bridgehead atoms. The third-order valence-corrected chi connectivity index (χ3v) is 4.32. The Morgan fingerprint density at radius 3 is 2.29 bits per heavy atom. The first-order valence-corrected chi connectivity index (χ1v) is 9.71. The number of hydrogen-bond donors (Lipinski definition) is 1. The summed E-state index contributed by atoms with van der Waals surface area (Å²) in [5.41, 5.74) is 1.33. The fraction of sp³-hybridized carbons (Fsp3) is 0.273. The van der Waals surface area contributed by atoms with Gasteiger partial charge in [-0.3, -0.25) is 0 Å². The highest BCUT2D eigenvalue weighted by Gasteiger charge is 2.15. The molecule has 1 heterocycles. The van der Waals surface area contributed by atoms with Crippen LogP contribution >= 0.6 is 11.6 Å². The minimum Gasteiger partial charge on any atom is -0.487 e. The second-order valence-electron chi connectivity index (χ2n) is 6.34. The summed E-state index contributed by atoms with van der Waals surface area (Å²) in [5, 5.41) is 3.67. The average Bonchev–Trinajstić information content (AvgIpc) is 2.74. The molecule has 1 aromatic heterocycles. The lowest BCUT2D eigenvalue weighted by atomic mass is 10.1. The van der Waals surface area contributed by atoms with Crippen molar-refractivity contribution in [2.75, 3.05) is 46.0 Å². The van der Waals surface area contributed by atoms with Gasteiger partial charge in [-0.25, -0.2) is 9.37 Å². The molecule has 0 aliphatic heterocycles. The maximum Gasteiger partial charge on any atom is 0.224 e. The van der Waals surface area contributed by atoms with E-state index in [4.69, 9.17) is 37.0 Å². The van der Waals surface area contributed by atoms with Crippen molar-refractivity contribution in [1.29, 1.82) is 0 Å². The van der Waals surface area contributed by atoms with Crippen molar-refractivity contribution in [2.45, 2.75) is 0 Å². The molecule has 0 fully saturated rings. The Bertz CT molecular complexity index is 1100. The van der Waals surface area contributed by atoms with Crippen molar-refractivity contribution in [3.05, 3.63) is 47.0 Å². The zero-order valence-electron chi connectivity index (χ0n) is 17.1. The topological polar surface area (TPSA) is 74.7 Å². The molecular weight excluding hydrogens is 425 g/mol. The Morgan fingerprint density at radius 1 is 0.968 bits per heavy atom. The van der Waals surface area contributed by atoms with Gasteiger partial charge in [-0.1, -0.05) is 5.92 Å². The number of methoxy groups -OCH3 is 2. The molecule has 0 saturated heterocycles. The summed E-state index contributed by atoms with van der Waals surface area (Å²) in [6, 6.07) is 7.63. The number of nitrogens with one attached hydrogen (secondary N) is 1. The van der Waals surface area contributed by atoms with Gasteiger partial charge in [0, 0.05) is 36.9 Å². The molecule has 0 aliphatic rings. The van der Waals surface area contributed by atoms with E-state index in [0.717, 1.165) is 0 Å². The first-order chi connectivity index (χ1) is 15.0. The number of fused-ring (bicyclic) bond motifs is 1. The minimum absolute atomic E-state index is 0.0134. The number of nitrogens with zero attached hydrogens (tertiary/aromatic N) is 2. The normalized spacial score (nSPS) is 10.7. The smallest absolute Gasteiger partial charge is 0.224 e. The van der Waals surface area contributed by atoms with Crippen LogP contribution in [0.15, 0.2) is 30.3 Å². The molecule has 1 N–H and O–H groups in total. The van der Waals surface area contributed by atoms with Crippen molar-refractivity contribution in [3.8, 4) is 23.8 Å². The van der Waals surface area contributed by atoms with Crippen molar-refractivity contribution in [2.24, 2.45) is 0 Å². The molecule has 31 heavy (non-hydrogen) atoms. The molecular formula is C22H21ClFN3O4. The van der Waals surface area contributed by atoms with Gasteiger partial charge in [0.25, 0.3) is 0 Å². The molecule has 3 rings (SSSR count). The van der Waals surface area contributed by atoms with Gasteiger partial charge in [0.1, 0.15) is 24.8 Å². The standard InChI is InChI=1S/C22H21ClFN3O4/c1-4-14-9-15(24)11-16(10-14)25-21-17-12-19(30-7-5-28-2)20(31-8-6-29-3)13-18(17)26-22(23)27-21/h1,9-13H,5-8H2,2-3H3,(H,25,26,27). The van der Waals surface area contributed by atoms with Crippen LogP contribution in [0.5, 0.6) is 11.5 Å². The quantitative estimate of drug-likeness (QED) is 0.285. The van der Waals surface area contributed by atoms with Crippen LogP contribution in [0.25, 0.3) is 10.9 Å². The maximum absolute atomic E-state index is 13.9. The molecule has 3 aromatic rings. The van der Waals surface area contributed by atoms with E-state index >= 15 is 0 Å². The third-order valence-electron chi connectivity index (χ3n) is 4.15. The van der Waals surface area contributed by atoms with Gasteiger partial charge in [0.15, 0.2) is 11.5 Å². The van der Waals surface area contributed by atoms with E-state index < -0.39 is 5.82 Å². The zero-order valence-corrected chi connectivity index (χ0v) is 17.8. The van der Waals surface area contributed by atoms with Gasteiger partial charge in [-0.2, -0.15) is 4.98 Å². The van der Waals surface area contributed by atoms with Crippen LogP contribution in [0.1, 0.15) is 5.56 Å². The van der Waals surface area contributed by atoms with E-state index in [0.29, 0.717) is 65.9 Å². The van der Waals surface area contributed by atoms with E-state index in [1.165, 1.54) is 12.1 Å². The second kappa shape index (κ2) is 10.8. The summed E-state index contributed by atoms with van der Waals surface area (Å²) in [6.07, 6.45) is 5.40. The minimum atomic E-state index is -0.472. The Hall–Kier alpha value is -3.12. The Morgan fingerprint density at radius 2 is 1.65 bits per heavy atom. The second-order valence-corrected chi connectivity index (χ2v) is 6.68. The maximum atomic E-state index is 13.9. The van der Waals surface area contributed by atoms with Gasteiger partial charge in [0.2, 0.25) is 5.28 Å². The molecule has 0 aliphatic carbocycles. The predicted molar refractivity (Wildman–Crippen MR) is 117 cm³/mol. The summed E-state index contributed by atoms with van der Waals surface area (Å²) in [4.78, 5) is 8.52. The fourth-order valence-electron chi connectivity index (χ4n) is 2.78. The van der Waals surface area contributed by atoms with E-state index in [9.17, 15) is 4.39 Å². The van der Waals surface area contributed by atoms with Crippen LogP contribution in [-0.2, 0) is 9.47 Å². The van der Waals surface area contributed by atoms with Gasteiger partial charge in [-0.05, 0) is 35.9 Å². The first kappa shape index (κ1) is 22.6. The average molecular weight is 446 g/mol. The molecule has 162 valence electrons. The number of hydrogen-bond acceptors (Lipinski definition) is 7. The largest absolute Gasteiger partial charge is 0.487 e. The first-order valence-electron chi connectivity index (χ1n) is 9.33. The van der Waals surface area contributed by atoms with Gasteiger partial charge in [-0.15, -0.1) is 6.42 Å². The molecule has 0 unspecified atom stereocenters. The molecule has 7 nitrogen and oxygen atoms in total. The summed E-state index contributed by atoms with van der Waals surface area (Å²) in [6.45, 7) is 1.44. The summed E-state index contributed by atoms with van der Waals surface area (Å²) < 4.78 is 35.6. The molecule has 2 aromatic carbocycles. The van der Waals surface area contributed by atoms with Crippen molar-refractivity contribution in [1.82, 2.24) is 9.97 Å². The third kappa shape index (κ3) is 5.95. The SMILES string of the molecule is C#Cc1cc(F)cc(Nc2nc(Cl)nc3cc(OCCOC)c(OCCOC)cc23)c1. The Balaban J connectivity index is 2.04. The molecule has 0 radical (unpaired) electrons. The van der Waals surface area contributed by atoms with Gasteiger partial charge in [0.05, 0.1) is 18.7 Å². The van der Waals surface area contributed by atoms with Crippen molar-refractivity contribution in [3.63, 3.8) is 0 Å². The van der Waals surface area contributed by atoms with E-state index in [1.54, 1.807) is 32.4 Å². The molecule has 0 saturated carbocycles. The number of anilines is 2. The summed E-state index contributed by atoms with van der Waals surface area (Å²) >= 11 is 6.12. The zero-order chi connectivity index (χ0) is 22.2. The van der Waals surface area contributed by atoms with Crippen LogP contribution in [0.4, 0.5) is 15.9 Å². The lowest BCUT2D eigenvalue weighted by molar-refractivity contribution is 0.132. The van der Waals surface area contributed by atoms with E-state index in [-0.39, 0.29) is 5.28 Å². The molecule has 0 atom stereocenters. The number of halogens is 2. The van der Waals surface area contributed by atoms with Gasteiger partial charge < -0.3 is 24.3 Å². The number of benzene rings is 2. The van der Waals surface area contributed by atoms with Crippen LogP contribution in [0.2, 0.25) is 5.28 Å². The summed E-state index contributed by atoms with van der Waals surface area (Å²) in [7, 11) is 3.17. The lowest BCUT2D eigenvalue weighted by Gasteiger charge is -2.15. The number of ether oxygens (including phenoxy) is 4.